The second-order valence-electron chi connectivity index (χ2n) is 7.20. The molecule has 1 fully saturated rings. The SMILES string of the molecule is COc1ccc(N2C(=O)C(=O)N(CC(=O)N3CC=C(c4ccccc4)CC3)C2=O)cc1. The van der Waals surface area contributed by atoms with Crippen molar-refractivity contribution < 1.29 is 23.9 Å². The van der Waals surface area contributed by atoms with Crippen LogP contribution in [0.2, 0.25) is 0 Å². The number of anilines is 1. The molecule has 2 aliphatic rings. The number of nitrogens with zero attached hydrogens (tertiary/aromatic N) is 3. The number of hydrogen-bond acceptors (Lipinski definition) is 5. The minimum atomic E-state index is -1.01. The summed E-state index contributed by atoms with van der Waals surface area (Å²) in [6.45, 7) is 0.395. The fourth-order valence-electron chi connectivity index (χ4n) is 3.65. The molecule has 0 radical (unpaired) electrons. The fraction of sp³-hybridized carbons (Fsp3) is 0.217. The van der Waals surface area contributed by atoms with Crippen molar-refractivity contribution in [2.45, 2.75) is 6.42 Å². The van der Waals surface area contributed by atoms with E-state index in [-0.39, 0.29) is 11.6 Å². The standard InChI is InChI=1S/C23H21N3O5/c1-31-19-9-7-18(8-10-19)26-22(29)21(28)25(23(26)30)15-20(27)24-13-11-17(12-14-24)16-5-3-2-4-6-16/h2-11H,12-15H2,1H3. The first kappa shape index (κ1) is 20.3. The summed E-state index contributed by atoms with van der Waals surface area (Å²) in [6.07, 6.45) is 2.65. The molecule has 0 spiro atoms. The Labute approximate surface area is 179 Å². The Hall–Kier alpha value is -3.94. The van der Waals surface area contributed by atoms with Crippen LogP contribution in [-0.4, -0.2) is 60.3 Å². The molecule has 0 atom stereocenters. The Morgan fingerprint density at radius 1 is 0.968 bits per heavy atom. The number of carbonyl (C=O) groups excluding carboxylic acids is 4. The van der Waals surface area contributed by atoms with Crippen molar-refractivity contribution in [3.63, 3.8) is 0 Å². The van der Waals surface area contributed by atoms with Gasteiger partial charge in [-0.15, -0.1) is 0 Å². The molecule has 8 nitrogen and oxygen atoms in total. The fourth-order valence-corrected chi connectivity index (χ4v) is 3.65. The molecule has 0 N–H and O–H groups in total. The van der Waals surface area contributed by atoms with Gasteiger partial charge >= 0.3 is 17.8 Å². The summed E-state index contributed by atoms with van der Waals surface area (Å²) in [4.78, 5) is 53.3. The lowest BCUT2D eigenvalue weighted by Crippen LogP contribution is -2.44. The van der Waals surface area contributed by atoms with Crippen LogP contribution in [0.4, 0.5) is 10.5 Å². The topological polar surface area (TPSA) is 87.2 Å². The lowest BCUT2D eigenvalue weighted by atomic mass is 9.99. The molecule has 0 saturated carbocycles. The Morgan fingerprint density at radius 2 is 1.68 bits per heavy atom. The van der Waals surface area contributed by atoms with Crippen LogP contribution in [0.5, 0.6) is 5.75 Å². The first-order valence-corrected chi connectivity index (χ1v) is 9.86. The maximum atomic E-state index is 12.7. The van der Waals surface area contributed by atoms with E-state index < -0.39 is 24.4 Å². The highest BCUT2D eigenvalue weighted by Gasteiger charge is 2.46. The van der Waals surface area contributed by atoms with Gasteiger partial charge in [-0.25, -0.2) is 14.6 Å². The highest BCUT2D eigenvalue weighted by atomic mass is 16.5. The number of rotatable bonds is 5. The van der Waals surface area contributed by atoms with E-state index in [2.05, 4.69) is 0 Å². The molecule has 0 aliphatic carbocycles. The van der Waals surface area contributed by atoms with Gasteiger partial charge in [-0.2, -0.15) is 0 Å². The summed E-state index contributed by atoms with van der Waals surface area (Å²) in [5.41, 5.74) is 2.51. The monoisotopic (exact) mass is 419 g/mol. The lowest BCUT2D eigenvalue weighted by molar-refractivity contribution is -0.142. The Bertz CT molecular complexity index is 1060. The molecule has 0 bridgehead atoms. The van der Waals surface area contributed by atoms with Gasteiger partial charge in [-0.1, -0.05) is 36.4 Å². The summed E-state index contributed by atoms with van der Waals surface area (Å²) < 4.78 is 5.06. The van der Waals surface area contributed by atoms with E-state index in [4.69, 9.17) is 4.74 Å². The number of amides is 5. The predicted octanol–water partition coefficient (Wildman–Crippen LogP) is 2.31. The number of imide groups is 2. The van der Waals surface area contributed by atoms with Crippen molar-refractivity contribution >= 4 is 35.0 Å². The molecule has 1 saturated heterocycles. The van der Waals surface area contributed by atoms with Crippen LogP contribution in [0, 0.1) is 0 Å². The molecule has 2 aromatic carbocycles. The van der Waals surface area contributed by atoms with Crippen molar-refractivity contribution in [1.82, 2.24) is 9.80 Å². The van der Waals surface area contributed by atoms with Crippen LogP contribution >= 0.6 is 0 Å². The van der Waals surface area contributed by atoms with E-state index >= 15 is 0 Å². The van der Waals surface area contributed by atoms with Gasteiger partial charge in [0.15, 0.2) is 0 Å². The molecule has 158 valence electrons. The van der Waals surface area contributed by atoms with Gasteiger partial charge in [-0.05, 0) is 41.8 Å². The zero-order chi connectivity index (χ0) is 22.0. The summed E-state index contributed by atoms with van der Waals surface area (Å²) in [6, 6.07) is 15.3. The van der Waals surface area contributed by atoms with E-state index in [1.165, 1.54) is 19.2 Å². The Morgan fingerprint density at radius 3 is 2.29 bits per heavy atom. The van der Waals surface area contributed by atoms with Gasteiger partial charge in [0.2, 0.25) is 5.91 Å². The number of ether oxygens (including phenoxy) is 1. The van der Waals surface area contributed by atoms with Crippen molar-refractivity contribution in [2.75, 3.05) is 31.6 Å². The average Bonchev–Trinajstić information content (AvgIpc) is 3.03. The summed E-state index contributed by atoms with van der Waals surface area (Å²) in [5.74, 6) is -1.82. The number of carbonyl (C=O) groups is 4. The first-order chi connectivity index (χ1) is 15.0. The first-order valence-electron chi connectivity index (χ1n) is 9.86. The number of hydrogen-bond donors (Lipinski definition) is 0. The van der Waals surface area contributed by atoms with E-state index in [9.17, 15) is 19.2 Å². The highest BCUT2D eigenvalue weighted by Crippen LogP contribution is 2.25. The quantitative estimate of drug-likeness (QED) is 0.548. The third kappa shape index (κ3) is 3.92. The molecular formula is C23H21N3O5. The molecule has 0 aromatic heterocycles. The zero-order valence-electron chi connectivity index (χ0n) is 17.0. The van der Waals surface area contributed by atoms with E-state index in [0.29, 0.717) is 30.2 Å². The van der Waals surface area contributed by atoms with Gasteiger partial charge in [0.05, 0.1) is 12.8 Å². The molecule has 2 aromatic rings. The van der Waals surface area contributed by atoms with E-state index in [1.54, 1.807) is 17.0 Å². The van der Waals surface area contributed by atoms with E-state index in [0.717, 1.165) is 16.0 Å². The molecule has 5 amide bonds. The van der Waals surface area contributed by atoms with Crippen LogP contribution in [0.15, 0.2) is 60.7 Å². The van der Waals surface area contributed by atoms with Crippen molar-refractivity contribution in [3.8, 4) is 5.75 Å². The third-order valence-electron chi connectivity index (χ3n) is 5.38. The summed E-state index contributed by atoms with van der Waals surface area (Å²) in [7, 11) is 1.50. The van der Waals surface area contributed by atoms with Crippen molar-refractivity contribution in [3.05, 3.63) is 66.2 Å². The Balaban J connectivity index is 1.43. The summed E-state index contributed by atoms with van der Waals surface area (Å²) >= 11 is 0. The molecular weight excluding hydrogens is 398 g/mol. The molecule has 2 aliphatic heterocycles. The van der Waals surface area contributed by atoms with Crippen LogP contribution < -0.4 is 9.64 Å². The normalized spacial score (nSPS) is 16.6. The summed E-state index contributed by atoms with van der Waals surface area (Å²) in [5, 5.41) is 0. The number of benzene rings is 2. The highest BCUT2D eigenvalue weighted by molar-refractivity contribution is 6.53. The van der Waals surface area contributed by atoms with Crippen molar-refractivity contribution in [2.24, 2.45) is 0 Å². The van der Waals surface area contributed by atoms with Crippen molar-refractivity contribution in [1.29, 1.82) is 0 Å². The average molecular weight is 419 g/mol. The minimum absolute atomic E-state index is 0.243. The van der Waals surface area contributed by atoms with Crippen LogP contribution in [-0.2, 0) is 14.4 Å². The zero-order valence-corrected chi connectivity index (χ0v) is 17.0. The second-order valence-corrected chi connectivity index (χ2v) is 7.20. The van der Waals surface area contributed by atoms with Gasteiger partial charge in [-0.3, -0.25) is 14.4 Å². The maximum absolute atomic E-state index is 12.7. The maximum Gasteiger partial charge on any atom is 0.339 e. The van der Waals surface area contributed by atoms with Crippen LogP contribution in [0.3, 0.4) is 0 Å². The van der Waals surface area contributed by atoms with Gasteiger partial charge < -0.3 is 9.64 Å². The van der Waals surface area contributed by atoms with Gasteiger partial charge in [0, 0.05) is 13.1 Å². The third-order valence-corrected chi connectivity index (χ3v) is 5.38. The van der Waals surface area contributed by atoms with Gasteiger partial charge in [0.1, 0.15) is 12.3 Å². The number of urea groups is 1. The molecule has 31 heavy (non-hydrogen) atoms. The second kappa shape index (κ2) is 8.43. The smallest absolute Gasteiger partial charge is 0.339 e. The molecule has 0 unspecified atom stereocenters. The van der Waals surface area contributed by atoms with E-state index in [1.807, 2.05) is 36.4 Å². The minimum Gasteiger partial charge on any atom is -0.497 e. The molecule has 4 rings (SSSR count). The number of methoxy groups -OCH3 is 1. The lowest BCUT2D eigenvalue weighted by Gasteiger charge is -2.28. The molecule has 8 heteroatoms. The largest absolute Gasteiger partial charge is 0.497 e. The van der Waals surface area contributed by atoms with Crippen LogP contribution in [0.25, 0.3) is 5.57 Å². The predicted molar refractivity (Wildman–Crippen MR) is 113 cm³/mol. The van der Waals surface area contributed by atoms with Crippen LogP contribution in [0.1, 0.15) is 12.0 Å². The van der Waals surface area contributed by atoms with Gasteiger partial charge in [0.25, 0.3) is 0 Å². The molecule has 2 heterocycles. The Kier molecular flexibility index (Phi) is 5.53.